The second-order valence-corrected chi connectivity index (χ2v) is 6.56. The van der Waals surface area contributed by atoms with Gasteiger partial charge in [0.1, 0.15) is 0 Å². The van der Waals surface area contributed by atoms with E-state index in [4.69, 9.17) is 4.74 Å². The average molecular weight is 337 g/mol. The SMILES string of the molecule is C[C@H](OC(=O)c1ccc2c(c1)CCC2)C(=O)N(C)Cc1ccccc1. The first-order chi connectivity index (χ1) is 12.0. The predicted octanol–water partition coefficient (Wildman–Crippen LogP) is 3.38. The number of carbonyl (C=O) groups is 2. The topological polar surface area (TPSA) is 46.6 Å². The minimum absolute atomic E-state index is 0.210. The Bertz CT molecular complexity index is 770. The molecule has 0 aliphatic heterocycles. The zero-order valence-electron chi connectivity index (χ0n) is 14.7. The zero-order chi connectivity index (χ0) is 17.8. The van der Waals surface area contributed by atoms with Crippen molar-refractivity contribution >= 4 is 11.9 Å². The minimum atomic E-state index is -0.811. The molecular formula is C21H23NO3. The number of esters is 1. The van der Waals surface area contributed by atoms with E-state index in [9.17, 15) is 9.59 Å². The number of likely N-dealkylation sites (N-methyl/N-ethyl adjacent to an activating group) is 1. The lowest BCUT2D eigenvalue weighted by molar-refractivity contribution is -0.139. The second-order valence-electron chi connectivity index (χ2n) is 6.56. The summed E-state index contributed by atoms with van der Waals surface area (Å²) in [4.78, 5) is 26.4. The maximum absolute atomic E-state index is 12.5. The van der Waals surface area contributed by atoms with Gasteiger partial charge in [0.05, 0.1) is 5.56 Å². The van der Waals surface area contributed by atoms with Crippen molar-refractivity contribution in [2.75, 3.05) is 7.05 Å². The molecule has 3 rings (SSSR count). The van der Waals surface area contributed by atoms with Crippen molar-refractivity contribution < 1.29 is 14.3 Å². The summed E-state index contributed by atoms with van der Waals surface area (Å²) in [6.45, 7) is 2.11. The molecule has 0 radical (unpaired) electrons. The molecule has 0 saturated heterocycles. The lowest BCUT2D eigenvalue weighted by Crippen LogP contribution is -2.37. The normalized spacial score (nSPS) is 13.8. The minimum Gasteiger partial charge on any atom is -0.449 e. The van der Waals surface area contributed by atoms with E-state index in [-0.39, 0.29) is 5.91 Å². The molecule has 0 unspecified atom stereocenters. The van der Waals surface area contributed by atoms with E-state index < -0.39 is 12.1 Å². The summed E-state index contributed by atoms with van der Waals surface area (Å²) >= 11 is 0. The predicted molar refractivity (Wildman–Crippen MR) is 96.3 cm³/mol. The number of ether oxygens (including phenoxy) is 1. The molecule has 130 valence electrons. The first-order valence-corrected chi connectivity index (χ1v) is 8.66. The van der Waals surface area contributed by atoms with Crippen LogP contribution in [0.1, 0.15) is 40.4 Å². The molecule has 0 fully saturated rings. The molecule has 0 heterocycles. The quantitative estimate of drug-likeness (QED) is 0.786. The molecule has 0 spiro atoms. The Morgan fingerprint density at radius 1 is 1.08 bits per heavy atom. The van der Waals surface area contributed by atoms with Crippen molar-refractivity contribution in [3.05, 3.63) is 70.8 Å². The molecule has 25 heavy (non-hydrogen) atoms. The van der Waals surface area contributed by atoms with Crippen LogP contribution in [-0.4, -0.2) is 29.9 Å². The van der Waals surface area contributed by atoms with Gasteiger partial charge in [-0.3, -0.25) is 4.79 Å². The van der Waals surface area contributed by atoms with Crippen LogP contribution in [0.25, 0.3) is 0 Å². The van der Waals surface area contributed by atoms with Crippen molar-refractivity contribution in [1.82, 2.24) is 4.90 Å². The van der Waals surface area contributed by atoms with Crippen molar-refractivity contribution in [3.8, 4) is 0 Å². The van der Waals surface area contributed by atoms with Gasteiger partial charge in [0, 0.05) is 13.6 Å². The maximum Gasteiger partial charge on any atom is 0.338 e. The molecule has 0 aromatic heterocycles. The smallest absolute Gasteiger partial charge is 0.338 e. The van der Waals surface area contributed by atoms with E-state index in [1.54, 1.807) is 24.9 Å². The molecule has 1 amide bonds. The molecule has 2 aromatic carbocycles. The summed E-state index contributed by atoms with van der Waals surface area (Å²) in [5, 5.41) is 0. The van der Waals surface area contributed by atoms with Crippen LogP contribution in [0.4, 0.5) is 0 Å². The lowest BCUT2D eigenvalue weighted by Gasteiger charge is -2.21. The largest absolute Gasteiger partial charge is 0.449 e. The molecule has 0 N–H and O–H groups in total. The Morgan fingerprint density at radius 3 is 2.56 bits per heavy atom. The standard InChI is InChI=1S/C21H23NO3/c1-15(20(23)22(2)14-16-7-4-3-5-8-16)25-21(24)19-12-11-17-9-6-10-18(17)13-19/h3-5,7-8,11-13,15H,6,9-10,14H2,1-2H3/t15-/m0/s1. The number of hydrogen-bond donors (Lipinski definition) is 0. The van der Waals surface area contributed by atoms with E-state index in [1.165, 1.54) is 11.1 Å². The highest BCUT2D eigenvalue weighted by Gasteiger charge is 2.23. The molecule has 0 saturated carbocycles. The first kappa shape index (κ1) is 17.2. The summed E-state index contributed by atoms with van der Waals surface area (Å²) in [7, 11) is 1.72. The average Bonchev–Trinajstić information content (AvgIpc) is 3.09. The van der Waals surface area contributed by atoms with Gasteiger partial charge < -0.3 is 9.64 Å². The third-order valence-corrected chi connectivity index (χ3v) is 4.60. The van der Waals surface area contributed by atoms with E-state index >= 15 is 0 Å². The highest BCUT2D eigenvalue weighted by molar-refractivity contribution is 5.92. The van der Waals surface area contributed by atoms with Crippen LogP contribution < -0.4 is 0 Å². The molecule has 4 nitrogen and oxygen atoms in total. The lowest BCUT2D eigenvalue weighted by atomic mass is 10.1. The fourth-order valence-electron chi connectivity index (χ4n) is 3.22. The van der Waals surface area contributed by atoms with Crippen molar-refractivity contribution in [3.63, 3.8) is 0 Å². The molecule has 4 heteroatoms. The van der Waals surface area contributed by atoms with Crippen LogP contribution in [0.3, 0.4) is 0 Å². The van der Waals surface area contributed by atoms with Crippen LogP contribution in [0.15, 0.2) is 48.5 Å². The number of fused-ring (bicyclic) bond motifs is 1. The van der Waals surface area contributed by atoms with Gasteiger partial charge in [0.2, 0.25) is 0 Å². The Labute approximate surface area is 148 Å². The van der Waals surface area contributed by atoms with Crippen LogP contribution in [-0.2, 0) is 28.9 Å². The van der Waals surface area contributed by atoms with E-state index in [2.05, 4.69) is 0 Å². The highest BCUT2D eigenvalue weighted by atomic mass is 16.5. The molecule has 1 aliphatic rings. The number of rotatable bonds is 5. The molecule has 1 atom stereocenters. The number of hydrogen-bond acceptors (Lipinski definition) is 3. The third kappa shape index (κ3) is 4.08. The van der Waals surface area contributed by atoms with Crippen LogP contribution in [0.5, 0.6) is 0 Å². The number of amides is 1. The van der Waals surface area contributed by atoms with Crippen LogP contribution in [0, 0.1) is 0 Å². The monoisotopic (exact) mass is 337 g/mol. The fourth-order valence-corrected chi connectivity index (χ4v) is 3.22. The van der Waals surface area contributed by atoms with Gasteiger partial charge in [-0.25, -0.2) is 4.79 Å². The van der Waals surface area contributed by atoms with Crippen molar-refractivity contribution in [2.45, 2.75) is 38.8 Å². The molecule has 0 bridgehead atoms. The van der Waals surface area contributed by atoms with Gasteiger partial charge in [-0.05, 0) is 55.0 Å². The Morgan fingerprint density at radius 2 is 1.80 bits per heavy atom. The maximum atomic E-state index is 12.5. The van der Waals surface area contributed by atoms with Gasteiger partial charge in [0.15, 0.2) is 6.10 Å². The molecular weight excluding hydrogens is 314 g/mol. The Hall–Kier alpha value is -2.62. The van der Waals surface area contributed by atoms with Gasteiger partial charge >= 0.3 is 5.97 Å². The summed E-state index contributed by atoms with van der Waals surface area (Å²) in [5.41, 5.74) is 4.08. The Kier molecular flexibility index (Phi) is 5.17. The Balaban J connectivity index is 1.60. The third-order valence-electron chi connectivity index (χ3n) is 4.60. The summed E-state index contributed by atoms with van der Waals surface area (Å²) in [5.74, 6) is -0.651. The van der Waals surface area contributed by atoms with Gasteiger partial charge in [0.25, 0.3) is 5.91 Å². The van der Waals surface area contributed by atoms with Crippen LogP contribution in [0.2, 0.25) is 0 Å². The molecule has 2 aromatic rings. The van der Waals surface area contributed by atoms with Gasteiger partial charge in [-0.15, -0.1) is 0 Å². The second kappa shape index (κ2) is 7.51. The number of aryl methyl sites for hydroxylation is 2. The van der Waals surface area contributed by atoms with Crippen LogP contribution >= 0.6 is 0 Å². The summed E-state index contributed by atoms with van der Waals surface area (Å²) in [6.07, 6.45) is 2.40. The van der Waals surface area contributed by atoms with E-state index in [1.807, 2.05) is 42.5 Å². The first-order valence-electron chi connectivity index (χ1n) is 8.66. The molecule has 1 aliphatic carbocycles. The van der Waals surface area contributed by atoms with Gasteiger partial charge in [-0.2, -0.15) is 0 Å². The van der Waals surface area contributed by atoms with E-state index in [0.29, 0.717) is 12.1 Å². The van der Waals surface area contributed by atoms with Crippen molar-refractivity contribution in [2.24, 2.45) is 0 Å². The number of nitrogens with zero attached hydrogens (tertiary/aromatic N) is 1. The fraction of sp³-hybridized carbons (Fsp3) is 0.333. The van der Waals surface area contributed by atoms with Gasteiger partial charge in [-0.1, -0.05) is 36.4 Å². The number of carbonyl (C=O) groups excluding carboxylic acids is 2. The zero-order valence-corrected chi connectivity index (χ0v) is 14.7. The van der Waals surface area contributed by atoms with E-state index in [0.717, 1.165) is 24.8 Å². The van der Waals surface area contributed by atoms with Crippen molar-refractivity contribution in [1.29, 1.82) is 0 Å². The summed E-state index contributed by atoms with van der Waals surface area (Å²) < 4.78 is 5.39. The summed E-state index contributed by atoms with van der Waals surface area (Å²) in [6, 6.07) is 15.4. The number of benzene rings is 2. The highest BCUT2D eigenvalue weighted by Crippen LogP contribution is 2.23.